The molecule has 0 amide bonds. The van der Waals surface area contributed by atoms with Crippen LogP contribution in [-0.4, -0.2) is 14.5 Å². The summed E-state index contributed by atoms with van der Waals surface area (Å²) in [6, 6.07) is 31.5. The lowest BCUT2D eigenvalue weighted by Crippen LogP contribution is -2.09. The highest BCUT2D eigenvalue weighted by Gasteiger charge is 2.29. The van der Waals surface area contributed by atoms with Crippen molar-refractivity contribution in [3.8, 4) is 17.1 Å². The average molecular weight is 643 g/mol. The van der Waals surface area contributed by atoms with Crippen molar-refractivity contribution in [1.82, 2.24) is 14.5 Å². The minimum atomic E-state index is -2.40. The van der Waals surface area contributed by atoms with Crippen molar-refractivity contribution in [2.24, 2.45) is 0 Å². The van der Waals surface area contributed by atoms with Gasteiger partial charge in [-0.2, -0.15) is 0 Å². The number of imidazole rings is 1. The first-order chi connectivity index (χ1) is 25.1. The zero-order valence-electron chi connectivity index (χ0n) is 30.5. The summed E-state index contributed by atoms with van der Waals surface area (Å²) in [5, 5.41) is 4.74. The molecule has 0 N–H and O–H groups in total. The largest absolute Gasteiger partial charge is 0.456 e. The van der Waals surface area contributed by atoms with Gasteiger partial charge in [0.15, 0.2) is 5.58 Å². The van der Waals surface area contributed by atoms with Crippen LogP contribution in [0.25, 0.3) is 94.2 Å². The van der Waals surface area contributed by atoms with Gasteiger partial charge in [0, 0.05) is 31.2 Å². The molecule has 238 valence electrons. The summed E-state index contributed by atoms with van der Waals surface area (Å²) in [6.07, 6.45) is 0. The molecule has 0 spiro atoms. The van der Waals surface area contributed by atoms with Gasteiger partial charge in [-0.25, -0.2) is 9.97 Å². The predicted molar refractivity (Wildman–Crippen MR) is 199 cm³/mol. The minimum Gasteiger partial charge on any atom is -0.456 e. The fourth-order valence-electron chi connectivity index (χ4n) is 7.67. The first kappa shape index (κ1) is 25.2. The highest BCUT2D eigenvalue weighted by molar-refractivity contribution is 6.14. The quantitative estimate of drug-likeness (QED) is 0.191. The number of fused-ring (bicyclic) bond motifs is 10. The second-order valence-corrected chi connectivity index (χ2v) is 13.5. The van der Waals surface area contributed by atoms with Crippen LogP contribution in [0.15, 0.2) is 110 Å². The molecular weight excluding hydrogens is 606 g/mol. The molecule has 0 bridgehead atoms. The number of aromatic nitrogens is 3. The molecule has 6 nitrogen and oxygen atoms in total. The number of hydrogen-bond acceptors (Lipinski definition) is 5. The molecule has 10 rings (SSSR count). The molecule has 5 aromatic carbocycles. The van der Waals surface area contributed by atoms with Crippen LogP contribution < -0.4 is 0 Å². The van der Waals surface area contributed by atoms with Crippen LogP contribution in [0.4, 0.5) is 0 Å². The third kappa shape index (κ3) is 3.88. The van der Waals surface area contributed by atoms with E-state index in [-0.39, 0.29) is 17.4 Å². The Balaban J connectivity index is 1.36. The van der Waals surface area contributed by atoms with Gasteiger partial charge in [0.2, 0.25) is 5.71 Å². The molecule has 0 aliphatic heterocycles. The number of benzene rings is 5. The van der Waals surface area contributed by atoms with Crippen LogP contribution in [0.1, 0.15) is 60.3 Å². The van der Waals surface area contributed by atoms with E-state index < -0.39 is 6.85 Å². The molecule has 0 saturated heterocycles. The van der Waals surface area contributed by atoms with Gasteiger partial charge in [-0.05, 0) is 72.3 Å². The van der Waals surface area contributed by atoms with Crippen molar-refractivity contribution in [2.75, 3.05) is 0 Å². The van der Waals surface area contributed by atoms with Gasteiger partial charge in [0.1, 0.15) is 33.7 Å². The van der Waals surface area contributed by atoms with E-state index in [0.717, 1.165) is 66.1 Å². The highest BCUT2D eigenvalue weighted by atomic mass is 16.3. The molecule has 0 aliphatic carbocycles. The van der Waals surface area contributed by atoms with Crippen molar-refractivity contribution < 1.29 is 17.4 Å². The van der Waals surface area contributed by atoms with Crippen LogP contribution >= 0.6 is 0 Å². The number of nitrogens with zero attached hydrogens (tertiary/aromatic N) is 3. The predicted octanol–water partition coefficient (Wildman–Crippen LogP) is 12.3. The van der Waals surface area contributed by atoms with Crippen LogP contribution in [0, 0.1) is 6.85 Å². The Morgan fingerprint density at radius 2 is 1.35 bits per heavy atom. The molecule has 49 heavy (non-hydrogen) atoms. The van der Waals surface area contributed by atoms with E-state index in [0.29, 0.717) is 39.3 Å². The lowest BCUT2D eigenvalue weighted by atomic mass is 9.89. The summed E-state index contributed by atoms with van der Waals surface area (Å²) < 4.78 is 47.6. The molecule has 0 aliphatic rings. The number of hydrogen-bond donors (Lipinski definition) is 0. The van der Waals surface area contributed by atoms with Crippen molar-refractivity contribution >= 4 is 77.1 Å². The summed E-state index contributed by atoms with van der Waals surface area (Å²) in [5.41, 5.74) is 9.81. The Labute approximate surface area is 285 Å². The van der Waals surface area contributed by atoms with Crippen LogP contribution in [0.5, 0.6) is 0 Å². The topological polar surface area (TPSA) is 70.1 Å². The van der Waals surface area contributed by atoms with Gasteiger partial charge in [-0.15, -0.1) is 0 Å². The van der Waals surface area contributed by atoms with E-state index in [1.807, 2.05) is 72.8 Å². The first-order valence-corrected chi connectivity index (χ1v) is 16.7. The SMILES string of the molecule is [2H]C([2H])([2H])c1cccc2nc(-c3cccc4c3oc3cc5c(nc34)oc3ccccc35)n(-c3c(C(C)C)cc4c(oc5ccccc54)c3C(C)C)c12. The highest BCUT2D eigenvalue weighted by Crippen LogP contribution is 2.46. The number of rotatable bonds is 4. The van der Waals surface area contributed by atoms with E-state index in [4.69, 9.17) is 27.3 Å². The summed E-state index contributed by atoms with van der Waals surface area (Å²) in [5.74, 6) is 0.662. The second kappa shape index (κ2) is 10.1. The van der Waals surface area contributed by atoms with Crippen LogP contribution in [0.3, 0.4) is 0 Å². The number of para-hydroxylation sites is 4. The van der Waals surface area contributed by atoms with Gasteiger partial charge >= 0.3 is 0 Å². The van der Waals surface area contributed by atoms with Gasteiger partial charge in [-0.1, -0.05) is 82.3 Å². The second-order valence-electron chi connectivity index (χ2n) is 13.5. The maximum Gasteiger partial charge on any atom is 0.228 e. The molecule has 0 atom stereocenters. The molecule has 6 heteroatoms. The molecular formula is C43H33N3O3. The first-order valence-electron chi connectivity index (χ1n) is 18.2. The monoisotopic (exact) mass is 642 g/mol. The Bertz CT molecular complexity index is 3080. The summed E-state index contributed by atoms with van der Waals surface area (Å²) in [4.78, 5) is 10.2. The lowest BCUT2D eigenvalue weighted by Gasteiger charge is -2.23. The zero-order chi connectivity index (χ0) is 35.6. The Kier molecular flexibility index (Phi) is 5.17. The smallest absolute Gasteiger partial charge is 0.228 e. The van der Waals surface area contributed by atoms with Gasteiger partial charge in [0.05, 0.1) is 27.7 Å². The maximum absolute atomic E-state index is 8.66. The van der Waals surface area contributed by atoms with E-state index in [2.05, 4.69) is 44.4 Å². The van der Waals surface area contributed by atoms with E-state index in [9.17, 15) is 0 Å². The minimum absolute atomic E-state index is 0.0124. The summed E-state index contributed by atoms with van der Waals surface area (Å²) in [7, 11) is 0. The zero-order valence-corrected chi connectivity index (χ0v) is 27.5. The maximum atomic E-state index is 8.66. The van der Waals surface area contributed by atoms with Crippen molar-refractivity contribution in [2.45, 2.75) is 46.4 Å². The Morgan fingerprint density at radius 3 is 2.12 bits per heavy atom. The standard InChI is InChI=1S/C43H33N3O3/c1-22(2)29-20-30-25-13-6-8-18-33(25)47-41(30)36(23(3)4)39(29)46-38-24(5)12-10-17-32(38)44-42(46)28-16-11-15-27-37-35(48-40(27)28)21-31-26-14-7-9-19-34(26)49-43(31)45-37/h6-23H,1-5H3/i5D3. The van der Waals surface area contributed by atoms with Crippen molar-refractivity contribution in [1.29, 1.82) is 0 Å². The molecule has 5 aromatic heterocycles. The molecule has 0 unspecified atom stereocenters. The van der Waals surface area contributed by atoms with Crippen molar-refractivity contribution in [3.05, 3.63) is 114 Å². The Hall–Kier alpha value is -5.88. The molecule has 10 aromatic rings. The van der Waals surface area contributed by atoms with Gasteiger partial charge < -0.3 is 13.3 Å². The third-order valence-electron chi connectivity index (χ3n) is 9.87. The molecule has 0 fully saturated rings. The Morgan fingerprint density at radius 1 is 0.633 bits per heavy atom. The molecule has 5 heterocycles. The van der Waals surface area contributed by atoms with E-state index in [1.165, 1.54) is 0 Å². The van der Waals surface area contributed by atoms with Gasteiger partial charge in [0.25, 0.3) is 0 Å². The van der Waals surface area contributed by atoms with Gasteiger partial charge in [-0.3, -0.25) is 4.57 Å². The average Bonchev–Trinajstić information content (AvgIpc) is 3.88. The number of aryl methyl sites for hydroxylation is 1. The lowest BCUT2D eigenvalue weighted by molar-refractivity contribution is 0.652. The molecule has 0 radical (unpaired) electrons. The summed E-state index contributed by atoms with van der Waals surface area (Å²) in [6.45, 7) is 6.26. The summed E-state index contributed by atoms with van der Waals surface area (Å²) >= 11 is 0. The van der Waals surface area contributed by atoms with Crippen LogP contribution in [-0.2, 0) is 0 Å². The van der Waals surface area contributed by atoms with E-state index >= 15 is 0 Å². The van der Waals surface area contributed by atoms with E-state index in [1.54, 1.807) is 12.1 Å². The normalized spacial score (nSPS) is 13.7. The van der Waals surface area contributed by atoms with Crippen molar-refractivity contribution in [3.63, 3.8) is 0 Å². The fraction of sp³-hybridized carbons (Fsp3) is 0.163. The van der Waals surface area contributed by atoms with Crippen LogP contribution in [0.2, 0.25) is 0 Å². The number of furan rings is 3. The third-order valence-corrected chi connectivity index (χ3v) is 9.87. The number of pyridine rings is 1. The molecule has 0 saturated carbocycles. The fourth-order valence-corrected chi connectivity index (χ4v) is 7.67.